The zero-order valence-corrected chi connectivity index (χ0v) is 25.1. The van der Waals surface area contributed by atoms with Gasteiger partial charge in [-0.05, 0) is 101 Å². The summed E-state index contributed by atoms with van der Waals surface area (Å²) in [6, 6.07) is 23.0. The van der Waals surface area contributed by atoms with Crippen LogP contribution in [-0.4, -0.2) is 9.97 Å². The van der Waals surface area contributed by atoms with Gasteiger partial charge in [-0.2, -0.15) is 0 Å². The summed E-state index contributed by atoms with van der Waals surface area (Å²) in [7, 11) is 0. The average Bonchev–Trinajstić information content (AvgIpc) is 3.01. The SMILES string of the molecule is C.C=C(Nc1ccc(CC2(C)C=CC(F)=CC2)nc1)C(=C)c1cc(-c2cncc(Cc3ccccc3)c2)ccc1C.CC. The van der Waals surface area contributed by atoms with Crippen molar-refractivity contribution < 1.29 is 4.39 Å². The Morgan fingerprint density at radius 1 is 0.930 bits per heavy atom. The van der Waals surface area contributed by atoms with Crippen molar-refractivity contribution in [2.24, 2.45) is 5.41 Å². The molecule has 1 aliphatic carbocycles. The van der Waals surface area contributed by atoms with Crippen molar-refractivity contribution in [3.63, 3.8) is 0 Å². The second-order valence-electron chi connectivity index (χ2n) is 10.9. The summed E-state index contributed by atoms with van der Waals surface area (Å²) in [6.07, 6.45) is 13.0. The smallest absolute Gasteiger partial charge is 0.118 e. The maximum Gasteiger partial charge on any atom is 0.118 e. The third kappa shape index (κ3) is 8.71. The van der Waals surface area contributed by atoms with Crippen molar-refractivity contribution in [3.05, 3.63) is 156 Å². The lowest BCUT2D eigenvalue weighted by atomic mass is 9.79. The molecule has 1 aliphatic rings. The van der Waals surface area contributed by atoms with E-state index in [9.17, 15) is 4.39 Å². The Hall–Kier alpha value is -4.57. The zero-order valence-electron chi connectivity index (χ0n) is 25.1. The van der Waals surface area contributed by atoms with Gasteiger partial charge in [0.1, 0.15) is 5.83 Å². The lowest BCUT2D eigenvalue weighted by molar-refractivity contribution is 0.412. The summed E-state index contributed by atoms with van der Waals surface area (Å²) in [5.74, 6) is -0.169. The standard InChI is InChI=1S/C36H34FN3.C2H6.CH4/c1-25-10-11-30(31-19-29(22-38-23-31)18-28-8-6-5-7-9-28)20-35(25)26(2)27(3)40-34-13-12-33(39-24-34)21-36(4)16-14-32(37)15-17-36;1-2;/h5-16,19-20,22-24,40H,2-3,17-18,21H2,1,4H3;1-2H3;1H4. The summed E-state index contributed by atoms with van der Waals surface area (Å²) in [5, 5.41) is 3.37. The van der Waals surface area contributed by atoms with E-state index in [1.54, 1.807) is 12.2 Å². The van der Waals surface area contributed by atoms with E-state index in [4.69, 9.17) is 0 Å². The number of nitrogens with zero attached hydrogens (tertiary/aromatic N) is 2. The van der Waals surface area contributed by atoms with E-state index < -0.39 is 0 Å². The number of allylic oxidation sites excluding steroid dienone is 5. The number of benzene rings is 2. The number of rotatable bonds is 9. The Labute approximate surface area is 257 Å². The zero-order chi connectivity index (χ0) is 30.1. The topological polar surface area (TPSA) is 37.8 Å². The Balaban J connectivity index is 0.00000165. The van der Waals surface area contributed by atoms with E-state index in [1.807, 2.05) is 56.7 Å². The van der Waals surface area contributed by atoms with Gasteiger partial charge in [-0.1, -0.05) is 89.9 Å². The van der Waals surface area contributed by atoms with Gasteiger partial charge in [0.15, 0.2) is 0 Å². The van der Waals surface area contributed by atoms with Crippen molar-refractivity contribution in [1.29, 1.82) is 0 Å². The monoisotopic (exact) mass is 573 g/mol. The Bertz CT molecular complexity index is 1600. The van der Waals surface area contributed by atoms with E-state index in [0.29, 0.717) is 12.1 Å². The molecule has 2 aromatic carbocycles. The fraction of sp³-hybridized carbons (Fsp3) is 0.231. The Kier molecular flexibility index (Phi) is 11.5. The molecule has 1 unspecified atom stereocenters. The van der Waals surface area contributed by atoms with Crippen molar-refractivity contribution >= 4 is 11.3 Å². The third-order valence-electron chi connectivity index (χ3n) is 7.42. The second-order valence-corrected chi connectivity index (χ2v) is 10.9. The summed E-state index contributed by atoms with van der Waals surface area (Å²) >= 11 is 0. The third-order valence-corrected chi connectivity index (χ3v) is 7.42. The molecule has 4 aromatic rings. The van der Waals surface area contributed by atoms with Crippen LogP contribution in [0.15, 0.2) is 128 Å². The number of hydrogen-bond acceptors (Lipinski definition) is 3. The maximum absolute atomic E-state index is 13.4. The lowest BCUT2D eigenvalue weighted by Crippen LogP contribution is -2.18. The molecule has 0 aliphatic heterocycles. The van der Waals surface area contributed by atoms with E-state index in [2.05, 4.69) is 90.8 Å². The molecule has 2 heterocycles. The van der Waals surface area contributed by atoms with Crippen molar-refractivity contribution in [3.8, 4) is 11.1 Å². The average molecular weight is 574 g/mol. The molecule has 43 heavy (non-hydrogen) atoms. The van der Waals surface area contributed by atoms with Gasteiger partial charge in [0.05, 0.1) is 11.9 Å². The Morgan fingerprint density at radius 2 is 1.70 bits per heavy atom. The van der Waals surface area contributed by atoms with Crippen LogP contribution in [0.1, 0.15) is 62.6 Å². The maximum atomic E-state index is 13.4. The second kappa shape index (κ2) is 15.1. The Morgan fingerprint density at radius 3 is 2.37 bits per heavy atom. The normalized spacial score (nSPS) is 15.3. The molecule has 1 atom stereocenters. The van der Waals surface area contributed by atoms with Crippen LogP contribution in [0.4, 0.5) is 10.1 Å². The first-order chi connectivity index (χ1) is 20.3. The van der Waals surface area contributed by atoms with Crippen LogP contribution in [0.5, 0.6) is 0 Å². The van der Waals surface area contributed by atoms with Gasteiger partial charge in [0.25, 0.3) is 0 Å². The van der Waals surface area contributed by atoms with Gasteiger partial charge >= 0.3 is 0 Å². The van der Waals surface area contributed by atoms with Crippen molar-refractivity contribution in [2.75, 3.05) is 5.32 Å². The molecule has 222 valence electrons. The van der Waals surface area contributed by atoms with Gasteiger partial charge in [0.2, 0.25) is 0 Å². The van der Waals surface area contributed by atoms with Crippen LogP contribution in [0.25, 0.3) is 16.7 Å². The molecule has 0 spiro atoms. The molecule has 0 bridgehead atoms. The molecule has 0 saturated carbocycles. The minimum Gasteiger partial charge on any atom is -0.354 e. The molecule has 3 nitrogen and oxygen atoms in total. The van der Waals surface area contributed by atoms with E-state index in [0.717, 1.165) is 52.0 Å². The number of nitrogens with one attached hydrogen (secondary N) is 1. The van der Waals surface area contributed by atoms with Crippen LogP contribution in [0.2, 0.25) is 0 Å². The predicted molar refractivity (Wildman–Crippen MR) is 183 cm³/mol. The van der Waals surface area contributed by atoms with Gasteiger partial charge in [-0.25, -0.2) is 4.39 Å². The van der Waals surface area contributed by atoms with Crippen LogP contribution < -0.4 is 5.32 Å². The van der Waals surface area contributed by atoms with E-state index in [-0.39, 0.29) is 18.7 Å². The minimum absolute atomic E-state index is 0. The van der Waals surface area contributed by atoms with Crippen LogP contribution in [0.3, 0.4) is 0 Å². The fourth-order valence-corrected chi connectivity index (χ4v) is 5.01. The molecule has 2 aromatic heterocycles. The quantitative estimate of drug-likeness (QED) is 0.202. The number of aryl methyl sites for hydroxylation is 1. The number of halogens is 1. The predicted octanol–water partition coefficient (Wildman–Crippen LogP) is 10.7. The van der Waals surface area contributed by atoms with Crippen molar-refractivity contribution in [1.82, 2.24) is 9.97 Å². The molecule has 0 fully saturated rings. The van der Waals surface area contributed by atoms with E-state index in [1.165, 1.54) is 11.1 Å². The first-order valence-corrected chi connectivity index (χ1v) is 14.5. The number of aromatic nitrogens is 2. The minimum atomic E-state index is -0.169. The molecule has 4 heteroatoms. The highest BCUT2D eigenvalue weighted by Gasteiger charge is 2.24. The molecule has 0 amide bonds. The van der Waals surface area contributed by atoms with Gasteiger partial charge in [0, 0.05) is 29.3 Å². The highest BCUT2D eigenvalue weighted by molar-refractivity contribution is 5.84. The van der Waals surface area contributed by atoms with Gasteiger partial charge in [-0.15, -0.1) is 0 Å². The van der Waals surface area contributed by atoms with Crippen LogP contribution in [0, 0.1) is 12.3 Å². The summed E-state index contributed by atoms with van der Waals surface area (Å²) < 4.78 is 13.4. The number of pyridine rings is 2. The number of hydrogen-bond donors (Lipinski definition) is 1. The molecule has 1 N–H and O–H groups in total. The van der Waals surface area contributed by atoms with Crippen LogP contribution in [-0.2, 0) is 12.8 Å². The van der Waals surface area contributed by atoms with Crippen LogP contribution >= 0.6 is 0 Å². The summed E-state index contributed by atoms with van der Waals surface area (Å²) in [5.41, 5.74) is 9.96. The van der Waals surface area contributed by atoms with Gasteiger partial charge < -0.3 is 5.32 Å². The molecule has 5 rings (SSSR count). The van der Waals surface area contributed by atoms with E-state index >= 15 is 0 Å². The first kappa shape index (κ1) is 32.9. The largest absolute Gasteiger partial charge is 0.354 e. The molecular weight excluding hydrogens is 529 g/mol. The van der Waals surface area contributed by atoms with Crippen molar-refractivity contribution in [2.45, 2.75) is 54.4 Å². The fourth-order valence-electron chi connectivity index (χ4n) is 5.01. The molecule has 0 saturated heterocycles. The summed E-state index contributed by atoms with van der Waals surface area (Å²) in [6.45, 7) is 16.8. The highest BCUT2D eigenvalue weighted by Crippen LogP contribution is 2.34. The first-order valence-electron chi connectivity index (χ1n) is 14.5. The van der Waals surface area contributed by atoms with Gasteiger partial charge in [-0.3, -0.25) is 9.97 Å². The molecular formula is C39H44FN3. The number of anilines is 1. The molecule has 0 radical (unpaired) electrons. The highest BCUT2D eigenvalue weighted by atomic mass is 19.1. The lowest BCUT2D eigenvalue weighted by Gasteiger charge is -2.26. The summed E-state index contributed by atoms with van der Waals surface area (Å²) in [4.78, 5) is 9.16.